The van der Waals surface area contributed by atoms with Crippen molar-refractivity contribution >= 4 is 18.0 Å². The van der Waals surface area contributed by atoms with Gasteiger partial charge in [-0.05, 0) is 12.8 Å². The maximum absolute atomic E-state index is 12.2. The van der Waals surface area contributed by atoms with E-state index in [-0.39, 0.29) is 6.04 Å². The number of hydrogen-bond acceptors (Lipinski definition) is 4. The van der Waals surface area contributed by atoms with Gasteiger partial charge in [-0.2, -0.15) is 0 Å². The van der Waals surface area contributed by atoms with Gasteiger partial charge in [0.2, 0.25) is 0 Å². The minimum Gasteiger partial charge on any atom is -0.481 e. The second-order valence-corrected chi connectivity index (χ2v) is 4.59. The van der Waals surface area contributed by atoms with Gasteiger partial charge in [-0.1, -0.05) is 13.8 Å². The van der Waals surface area contributed by atoms with Crippen molar-refractivity contribution in [1.82, 2.24) is 10.2 Å². The molecule has 8 nitrogen and oxygen atoms in total. The van der Waals surface area contributed by atoms with Gasteiger partial charge in [0.15, 0.2) is 0 Å². The zero-order chi connectivity index (χ0) is 16.4. The minimum absolute atomic E-state index is 0.0561. The van der Waals surface area contributed by atoms with E-state index in [1.54, 1.807) is 0 Å². The van der Waals surface area contributed by atoms with Gasteiger partial charge in [0.25, 0.3) is 0 Å². The fourth-order valence-corrected chi connectivity index (χ4v) is 1.98. The monoisotopic (exact) mass is 304 g/mol. The first-order chi connectivity index (χ1) is 9.87. The minimum atomic E-state index is -1.45. The molecule has 0 aliphatic rings. The molecule has 3 N–H and O–H groups in total. The van der Waals surface area contributed by atoms with Crippen LogP contribution in [0.2, 0.25) is 0 Å². The van der Waals surface area contributed by atoms with Crippen molar-refractivity contribution in [2.45, 2.75) is 45.2 Å². The molecule has 8 heteroatoms. The highest BCUT2D eigenvalue weighted by Crippen LogP contribution is 2.09. The fraction of sp³-hybridized carbons (Fsp3) is 0.769. The zero-order valence-corrected chi connectivity index (χ0v) is 12.7. The summed E-state index contributed by atoms with van der Waals surface area (Å²) < 4.78 is 4.95. The summed E-state index contributed by atoms with van der Waals surface area (Å²) in [4.78, 5) is 35.3. The Morgan fingerprint density at radius 2 is 1.76 bits per heavy atom. The summed E-state index contributed by atoms with van der Waals surface area (Å²) in [5, 5.41) is 19.9. The maximum Gasteiger partial charge on any atom is 0.326 e. The summed E-state index contributed by atoms with van der Waals surface area (Å²) in [6.45, 7) is 4.48. The van der Waals surface area contributed by atoms with Gasteiger partial charge in [0, 0.05) is 19.7 Å². The summed E-state index contributed by atoms with van der Waals surface area (Å²) in [6, 6.07) is -2.09. The van der Waals surface area contributed by atoms with Gasteiger partial charge in [-0.3, -0.25) is 4.79 Å². The van der Waals surface area contributed by atoms with Gasteiger partial charge >= 0.3 is 18.0 Å². The Hall–Kier alpha value is -1.83. The van der Waals surface area contributed by atoms with E-state index >= 15 is 0 Å². The Labute approximate surface area is 124 Å². The number of carboxylic acid groups (broad SMARTS) is 2. The number of carbonyl (C=O) groups excluding carboxylic acids is 1. The summed E-state index contributed by atoms with van der Waals surface area (Å²) in [5.74, 6) is -2.66. The summed E-state index contributed by atoms with van der Waals surface area (Å²) >= 11 is 0. The van der Waals surface area contributed by atoms with Crippen molar-refractivity contribution in [2.24, 2.45) is 0 Å². The fourth-order valence-electron chi connectivity index (χ4n) is 1.98. The lowest BCUT2D eigenvalue weighted by Crippen LogP contribution is -2.52. The number of carbonyl (C=O) groups is 3. The number of carboxylic acids is 2. The van der Waals surface area contributed by atoms with Gasteiger partial charge in [-0.15, -0.1) is 0 Å². The normalized spacial score (nSPS) is 12.0. The van der Waals surface area contributed by atoms with Gasteiger partial charge in [-0.25, -0.2) is 9.59 Å². The van der Waals surface area contributed by atoms with Crippen LogP contribution < -0.4 is 5.32 Å². The molecule has 0 heterocycles. The predicted octanol–water partition coefficient (Wildman–Crippen LogP) is 0.761. The lowest BCUT2D eigenvalue weighted by Gasteiger charge is -2.31. The first-order valence-corrected chi connectivity index (χ1v) is 6.87. The zero-order valence-electron chi connectivity index (χ0n) is 12.7. The number of aliphatic carboxylic acids is 2. The third-order valence-electron chi connectivity index (χ3n) is 3.15. The van der Waals surface area contributed by atoms with Crippen LogP contribution >= 0.6 is 0 Å². The van der Waals surface area contributed by atoms with Gasteiger partial charge < -0.3 is 25.2 Å². The Bertz CT molecular complexity index is 357. The van der Waals surface area contributed by atoms with Crippen LogP contribution in [0.3, 0.4) is 0 Å². The first kappa shape index (κ1) is 19.2. The van der Waals surface area contributed by atoms with Crippen LogP contribution in [0, 0.1) is 0 Å². The molecule has 1 unspecified atom stereocenters. The van der Waals surface area contributed by atoms with Crippen molar-refractivity contribution in [3.05, 3.63) is 0 Å². The van der Waals surface area contributed by atoms with Crippen LogP contribution in [0.25, 0.3) is 0 Å². The summed E-state index contributed by atoms with van der Waals surface area (Å²) in [5.41, 5.74) is 0. The van der Waals surface area contributed by atoms with Crippen LogP contribution in [-0.2, 0) is 14.3 Å². The van der Waals surface area contributed by atoms with Crippen LogP contribution in [-0.4, -0.2) is 65.4 Å². The van der Waals surface area contributed by atoms with E-state index in [4.69, 9.17) is 14.9 Å². The number of urea groups is 1. The van der Waals surface area contributed by atoms with Crippen molar-refractivity contribution in [1.29, 1.82) is 0 Å². The third kappa shape index (κ3) is 6.94. The Morgan fingerprint density at radius 1 is 1.19 bits per heavy atom. The molecule has 1 atom stereocenters. The lowest BCUT2D eigenvalue weighted by atomic mass is 10.1. The third-order valence-corrected chi connectivity index (χ3v) is 3.15. The molecule has 0 aromatic carbocycles. The molecule has 0 fully saturated rings. The van der Waals surface area contributed by atoms with Crippen molar-refractivity contribution in [3.63, 3.8) is 0 Å². The molecule has 0 aliphatic carbocycles. The second-order valence-electron chi connectivity index (χ2n) is 4.59. The van der Waals surface area contributed by atoms with Crippen LogP contribution in [0.1, 0.15) is 33.1 Å². The molecule has 0 aliphatic heterocycles. The Kier molecular flexibility index (Phi) is 9.11. The maximum atomic E-state index is 12.2. The quantitative estimate of drug-likeness (QED) is 0.548. The SMILES string of the molecule is CCC(CC)N(CCOC)C(=O)NC(CC(=O)O)C(=O)O. The lowest BCUT2D eigenvalue weighted by molar-refractivity contribution is -0.145. The van der Waals surface area contributed by atoms with E-state index in [0.717, 1.165) is 0 Å². The number of amides is 2. The molecule has 0 saturated heterocycles. The van der Waals surface area contributed by atoms with E-state index in [1.165, 1.54) is 12.0 Å². The average molecular weight is 304 g/mol. The number of nitrogens with zero attached hydrogens (tertiary/aromatic N) is 1. The summed E-state index contributed by atoms with van der Waals surface area (Å²) in [6.07, 6.45) is 0.761. The first-order valence-electron chi connectivity index (χ1n) is 6.87. The van der Waals surface area contributed by atoms with Crippen molar-refractivity contribution in [2.75, 3.05) is 20.3 Å². The molecule has 0 saturated carbocycles. The molecule has 0 aromatic heterocycles. The molecule has 0 rings (SSSR count). The molecule has 0 bridgehead atoms. The number of hydrogen-bond donors (Lipinski definition) is 3. The van der Waals surface area contributed by atoms with E-state index in [2.05, 4.69) is 5.32 Å². The Morgan fingerprint density at radius 3 is 2.14 bits per heavy atom. The van der Waals surface area contributed by atoms with Gasteiger partial charge in [0.05, 0.1) is 13.0 Å². The number of rotatable bonds is 10. The van der Waals surface area contributed by atoms with Gasteiger partial charge in [0.1, 0.15) is 6.04 Å². The van der Waals surface area contributed by atoms with E-state index in [0.29, 0.717) is 26.0 Å². The van der Waals surface area contributed by atoms with E-state index < -0.39 is 30.4 Å². The van der Waals surface area contributed by atoms with E-state index in [9.17, 15) is 14.4 Å². The highest BCUT2D eigenvalue weighted by molar-refractivity contribution is 5.86. The molecule has 2 amide bonds. The smallest absolute Gasteiger partial charge is 0.326 e. The van der Waals surface area contributed by atoms with Crippen LogP contribution in [0.4, 0.5) is 4.79 Å². The van der Waals surface area contributed by atoms with Crippen LogP contribution in [0.5, 0.6) is 0 Å². The van der Waals surface area contributed by atoms with Crippen molar-refractivity contribution < 1.29 is 29.3 Å². The Balaban J connectivity index is 4.91. The molecule has 0 spiro atoms. The topological polar surface area (TPSA) is 116 Å². The summed E-state index contributed by atoms with van der Waals surface area (Å²) in [7, 11) is 1.51. The van der Waals surface area contributed by atoms with E-state index in [1.807, 2.05) is 13.8 Å². The largest absolute Gasteiger partial charge is 0.481 e. The highest BCUT2D eigenvalue weighted by Gasteiger charge is 2.27. The molecule has 21 heavy (non-hydrogen) atoms. The standard InChI is InChI=1S/C13H24N2O6/c1-4-9(5-2)15(6-7-21-3)13(20)14-10(12(18)19)8-11(16)17/h9-10H,4-8H2,1-3H3,(H,14,20)(H,16,17)(H,18,19). The molecule has 0 aromatic rings. The number of nitrogens with one attached hydrogen (secondary N) is 1. The molecule has 122 valence electrons. The molecular formula is C13H24N2O6. The predicted molar refractivity (Wildman–Crippen MR) is 75.2 cm³/mol. The average Bonchev–Trinajstić information content (AvgIpc) is 2.41. The molecular weight excluding hydrogens is 280 g/mol. The number of ether oxygens (including phenoxy) is 1. The van der Waals surface area contributed by atoms with Crippen LogP contribution in [0.15, 0.2) is 0 Å². The number of methoxy groups -OCH3 is 1. The van der Waals surface area contributed by atoms with Crippen molar-refractivity contribution in [3.8, 4) is 0 Å². The molecule has 0 radical (unpaired) electrons. The highest BCUT2D eigenvalue weighted by atomic mass is 16.5. The second kappa shape index (κ2) is 9.98.